The smallest absolute Gasteiger partial charge is 0.251 e. The summed E-state index contributed by atoms with van der Waals surface area (Å²) in [7, 11) is 0. The lowest BCUT2D eigenvalue weighted by Crippen LogP contribution is -2.68. The maximum atomic E-state index is 14.3. The van der Waals surface area contributed by atoms with E-state index in [0.717, 1.165) is 49.3 Å². The highest BCUT2D eigenvalue weighted by Crippen LogP contribution is 2.38. The maximum Gasteiger partial charge on any atom is 0.251 e. The van der Waals surface area contributed by atoms with E-state index >= 15 is 0 Å². The Hall–Kier alpha value is -4.50. The quantitative estimate of drug-likeness (QED) is 0.0621. The third-order valence-corrected chi connectivity index (χ3v) is 16.1. The Morgan fingerprint density at radius 1 is 0.787 bits per heavy atom. The monoisotopic (exact) mass is 1140 g/mol. The van der Waals surface area contributed by atoms with Crippen molar-refractivity contribution in [1.29, 1.82) is 0 Å². The van der Waals surface area contributed by atoms with E-state index in [-0.39, 0.29) is 54.6 Å². The van der Waals surface area contributed by atoms with Crippen LogP contribution >= 0.6 is 0 Å². The summed E-state index contributed by atoms with van der Waals surface area (Å²) in [4.78, 5) is 56.1. The molecule has 448 valence electrons. The summed E-state index contributed by atoms with van der Waals surface area (Å²) in [6.07, 6.45) is -17.0. The van der Waals surface area contributed by atoms with E-state index in [4.69, 9.17) is 33.2 Å². The normalized spacial score (nSPS) is 36.4. The molecule has 80 heavy (non-hydrogen) atoms. The third kappa shape index (κ3) is 14.1. The molecule has 20 atom stereocenters. The number of carbonyl (C=O) groups excluding carboxylic acids is 4. The van der Waals surface area contributed by atoms with E-state index in [1.54, 1.807) is 4.90 Å². The number of ether oxygens (including phenoxy) is 7. The number of aliphatic hydroxyl groups excluding tert-OH is 8. The number of carbonyl (C=O) groups is 4. The highest BCUT2D eigenvalue weighted by atomic mass is 19.2. The molecule has 2 saturated carbocycles. The Bertz CT molecular complexity index is 2400. The minimum atomic E-state index is -1.83. The number of aryl methyl sites for hydroxylation is 1. The first-order valence-corrected chi connectivity index (χ1v) is 27.5. The van der Waals surface area contributed by atoms with Gasteiger partial charge in [-0.25, -0.2) is 13.5 Å². The molecule has 9 unspecified atom stereocenters. The molecule has 2 aliphatic carbocycles. The molecule has 2 aromatic rings. The molecule has 1 aromatic heterocycles. The van der Waals surface area contributed by atoms with Gasteiger partial charge in [-0.1, -0.05) is 37.3 Å². The van der Waals surface area contributed by atoms with Crippen LogP contribution in [0.3, 0.4) is 0 Å². The zero-order valence-electron chi connectivity index (χ0n) is 45.1. The van der Waals surface area contributed by atoms with Gasteiger partial charge in [-0.15, -0.1) is 5.10 Å². The van der Waals surface area contributed by atoms with Crippen LogP contribution in [0.4, 0.5) is 8.78 Å². The first-order chi connectivity index (χ1) is 38.2. The van der Waals surface area contributed by atoms with Crippen LogP contribution in [0.25, 0.3) is 11.3 Å². The Morgan fingerprint density at radius 3 is 2.12 bits per heavy atom. The maximum absolute atomic E-state index is 14.3. The highest BCUT2D eigenvalue weighted by Gasteiger charge is 2.54. The molecule has 8 rings (SSSR count). The molecule has 6 aliphatic rings. The van der Waals surface area contributed by atoms with Crippen LogP contribution in [0.5, 0.6) is 0 Å². The Labute approximate surface area is 460 Å². The Morgan fingerprint density at radius 2 is 1.48 bits per heavy atom. The molecule has 11 N–H and O–H groups in total. The van der Waals surface area contributed by atoms with Crippen LogP contribution in [0.15, 0.2) is 18.3 Å². The van der Waals surface area contributed by atoms with Crippen molar-refractivity contribution in [3.05, 3.63) is 35.5 Å². The lowest BCUT2D eigenvalue weighted by atomic mass is 9.80. The van der Waals surface area contributed by atoms with Crippen molar-refractivity contribution in [1.82, 2.24) is 35.8 Å². The van der Waals surface area contributed by atoms with E-state index in [2.05, 4.69) is 26.3 Å². The lowest BCUT2D eigenvalue weighted by Gasteiger charge is -2.49. The van der Waals surface area contributed by atoms with E-state index in [1.165, 1.54) is 40.0 Å². The fraction of sp³-hybridized carbons (Fsp3) is 0.769. The number of likely N-dealkylation sites (tertiary alicyclic amines) is 1. The number of nitrogens with one attached hydrogen (secondary N) is 3. The van der Waals surface area contributed by atoms with Crippen molar-refractivity contribution in [2.24, 2.45) is 11.8 Å². The molecule has 0 radical (unpaired) electrons. The van der Waals surface area contributed by atoms with Crippen LogP contribution < -0.4 is 16.0 Å². The second-order valence-electron chi connectivity index (χ2n) is 21.9. The molecule has 26 nitrogen and oxygen atoms in total. The molecule has 4 amide bonds. The molecular weight excluding hydrogens is 1060 g/mol. The minimum absolute atomic E-state index is 0.00221. The first kappa shape index (κ1) is 61.6. The van der Waals surface area contributed by atoms with E-state index < -0.39 is 165 Å². The van der Waals surface area contributed by atoms with Gasteiger partial charge < -0.3 is 94.9 Å². The number of amides is 4. The van der Waals surface area contributed by atoms with Crippen molar-refractivity contribution in [2.45, 2.75) is 202 Å². The van der Waals surface area contributed by atoms with Gasteiger partial charge in [0, 0.05) is 45.0 Å². The summed E-state index contributed by atoms with van der Waals surface area (Å²) < 4.78 is 72.7. The van der Waals surface area contributed by atoms with Gasteiger partial charge in [0.05, 0.1) is 44.3 Å². The van der Waals surface area contributed by atoms with Gasteiger partial charge in [0.2, 0.25) is 17.7 Å². The zero-order chi connectivity index (χ0) is 57.7. The van der Waals surface area contributed by atoms with Crippen LogP contribution in [0.2, 0.25) is 0 Å². The summed E-state index contributed by atoms with van der Waals surface area (Å²) in [5.41, 5.74) is 0.243. The number of nitrogens with zero attached hydrogens (tertiary/aromatic N) is 4. The molecule has 0 spiro atoms. The number of benzene rings is 1. The number of aliphatic hydroxyl groups is 8. The highest BCUT2D eigenvalue weighted by molar-refractivity contribution is 5.82. The van der Waals surface area contributed by atoms with Crippen molar-refractivity contribution in [3.63, 3.8) is 0 Å². The van der Waals surface area contributed by atoms with E-state index in [1.807, 2.05) is 0 Å². The fourth-order valence-electron chi connectivity index (χ4n) is 11.6. The number of hydrogen-bond donors (Lipinski definition) is 11. The second-order valence-corrected chi connectivity index (χ2v) is 21.9. The summed E-state index contributed by atoms with van der Waals surface area (Å²) in [5.74, 6) is -5.17. The third-order valence-electron chi connectivity index (χ3n) is 16.1. The number of halogens is 2. The molecule has 0 bridgehead atoms. The Balaban J connectivity index is 1.02. The topological polar surface area (TPSA) is 365 Å². The fourth-order valence-corrected chi connectivity index (χ4v) is 11.6. The van der Waals surface area contributed by atoms with Crippen LogP contribution in [0, 0.1) is 30.4 Å². The summed E-state index contributed by atoms with van der Waals surface area (Å²) in [6.45, 7) is 4.18. The number of hydrogen-bond acceptors (Lipinski definition) is 21. The van der Waals surface area contributed by atoms with Gasteiger partial charge in [-0.05, 0) is 63.1 Å². The molecule has 1 aromatic carbocycles. The van der Waals surface area contributed by atoms with Gasteiger partial charge >= 0.3 is 0 Å². The van der Waals surface area contributed by atoms with Gasteiger partial charge in [-0.3, -0.25) is 19.2 Å². The van der Waals surface area contributed by atoms with Crippen molar-refractivity contribution in [2.75, 3.05) is 39.5 Å². The van der Waals surface area contributed by atoms with Crippen molar-refractivity contribution in [3.8, 4) is 11.3 Å². The van der Waals surface area contributed by atoms with Crippen molar-refractivity contribution < 1.29 is 102 Å². The predicted molar refractivity (Wildman–Crippen MR) is 269 cm³/mol. The predicted octanol–water partition coefficient (Wildman–Crippen LogP) is -2.30. The molecule has 5 heterocycles. The number of aromatic nitrogens is 3. The van der Waals surface area contributed by atoms with Crippen LogP contribution in [-0.2, 0) is 52.3 Å². The molecule has 28 heteroatoms. The summed E-state index contributed by atoms with van der Waals surface area (Å²) in [5, 5.41) is 104. The van der Waals surface area contributed by atoms with Gasteiger partial charge in [-0.2, -0.15) is 0 Å². The van der Waals surface area contributed by atoms with E-state index in [9.17, 15) is 68.8 Å². The number of rotatable bonds is 20. The standard InChI is InChI=1S/C52H77F2N7O19/c1-23-15-28(17-30(53)37(23)54)32-20-61(59-58-32)39-41(67)35(21-62)79-51(43(39)69)74-14-11-55-48(72)29-18-31(56-25(3)64)46(80-52-45(71)44(70)40(66)24(2)75-52)33(19-29)77-50-38(57-26(4)65)47(42(68)36(22-63)78-50)76-34(49(73)60-12-8-13-60)16-27-9-6-5-7-10-27/h15,17,20,24,27,29,31,33-36,38-47,50-52,62-63,66-71H,5-14,16,18-19,21-22H2,1-4H3,(H,55,72)(H,56,64)(H,57,65)/t24?,29?,31?,33-,34+,35?,36+,38?,39?,40-,41-,42+,43?,44+,45?,46-,47?,50-,51+,52+/m1/s1. The van der Waals surface area contributed by atoms with Crippen LogP contribution in [-0.4, -0.2) is 234 Å². The minimum Gasteiger partial charge on any atom is -0.394 e. The average molecular weight is 1140 g/mol. The molecule has 6 fully saturated rings. The summed E-state index contributed by atoms with van der Waals surface area (Å²) in [6, 6.07) is -1.60. The Kier molecular flexibility index (Phi) is 21.0. The molecule has 4 saturated heterocycles. The molecule has 4 aliphatic heterocycles. The van der Waals surface area contributed by atoms with Crippen molar-refractivity contribution >= 4 is 23.6 Å². The van der Waals surface area contributed by atoms with Gasteiger partial charge in [0.1, 0.15) is 84.9 Å². The van der Waals surface area contributed by atoms with E-state index in [0.29, 0.717) is 19.5 Å². The summed E-state index contributed by atoms with van der Waals surface area (Å²) >= 11 is 0. The lowest BCUT2D eigenvalue weighted by molar-refractivity contribution is -0.335. The largest absolute Gasteiger partial charge is 0.394 e. The first-order valence-electron chi connectivity index (χ1n) is 27.5. The van der Waals surface area contributed by atoms with Gasteiger partial charge in [0.25, 0.3) is 5.91 Å². The SMILES string of the molecule is CC(=O)NC1C(O[C@@H](CC2CCCCC2)C(=O)N2CCC2)[C@@H](O)[C@H](CO)O[C@H]1O[C@@H]1CC(C(=O)NCCO[C@H]2OC(CO)[C@@H](O)C(n3cc(-c4cc(C)c(F)c(F)c4)nn3)C2O)CC(NC(C)=O)[C@H]1O[C@@H]1OC(C)[C@@H](O)[C@H](O)C1O. The second kappa shape index (κ2) is 27.3. The van der Waals surface area contributed by atoms with Crippen LogP contribution in [0.1, 0.15) is 90.2 Å². The average Bonchev–Trinajstić information content (AvgIpc) is 3.95. The van der Waals surface area contributed by atoms with Gasteiger partial charge in [0.15, 0.2) is 30.5 Å². The zero-order valence-corrected chi connectivity index (χ0v) is 45.1. The molecular formula is C52H77F2N7O19.